The van der Waals surface area contributed by atoms with Crippen LogP contribution in [0.3, 0.4) is 0 Å². The Morgan fingerprint density at radius 1 is 1.35 bits per heavy atom. The maximum absolute atomic E-state index is 11.2. The first kappa shape index (κ1) is 13.1. The molecule has 0 saturated heterocycles. The molecule has 0 atom stereocenters. The molecule has 1 aromatic heterocycles. The fourth-order valence-corrected chi connectivity index (χ4v) is 3.06. The van der Waals surface area contributed by atoms with Crippen molar-refractivity contribution in [3.8, 4) is 0 Å². The number of hydrogen-bond acceptors (Lipinski definition) is 4. The molecule has 0 radical (unpaired) electrons. The van der Waals surface area contributed by atoms with E-state index < -0.39 is 5.76 Å². The van der Waals surface area contributed by atoms with Gasteiger partial charge in [0.25, 0.3) is 0 Å². The van der Waals surface area contributed by atoms with Gasteiger partial charge in [0.1, 0.15) is 0 Å². The molecule has 5 heteroatoms. The van der Waals surface area contributed by atoms with Crippen LogP contribution in [0.2, 0.25) is 0 Å². The molecule has 3 rings (SSSR count). The highest BCUT2D eigenvalue weighted by molar-refractivity contribution is 5.85. The number of fused-ring (bicyclic) bond motifs is 1. The third-order valence-corrected chi connectivity index (χ3v) is 4.36. The van der Waals surface area contributed by atoms with E-state index in [9.17, 15) is 4.79 Å². The Labute approximate surface area is 117 Å². The van der Waals surface area contributed by atoms with E-state index in [1.165, 1.54) is 32.1 Å². The lowest BCUT2D eigenvalue weighted by molar-refractivity contribution is 0.233. The quantitative estimate of drug-likeness (QED) is 0.751. The second-order valence-electron chi connectivity index (χ2n) is 6.18. The smallest absolute Gasteiger partial charge is 0.408 e. The third-order valence-electron chi connectivity index (χ3n) is 4.36. The van der Waals surface area contributed by atoms with Crippen LogP contribution < -0.4 is 16.8 Å². The standard InChI is InChI=1S/C15H21N3O2/c1-15(5-3-2-4-6-15)9-17-11-8-12-13(7-10(11)16)20-14(19)18-12/h7-8,17H,2-6,9,16H2,1H3,(H,18,19). The molecule has 1 aliphatic rings. The highest BCUT2D eigenvalue weighted by Crippen LogP contribution is 2.36. The lowest BCUT2D eigenvalue weighted by atomic mass is 9.76. The van der Waals surface area contributed by atoms with Crippen molar-refractivity contribution in [3.63, 3.8) is 0 Å². The molecular formula is C15H21N3O2. The summed E-state index contributed by atoms with van der Waals surface area (Å²) in [6.45, 7) is 3.23. The zero-order chi connectivity index (χ0) is 14.2. The van der Waals surface area contributed by atoms with E-state index in [0.29, 0.717) is 22.2 Å². The van der Waals surface area contributed by atoms with Crippen molar-refractivity contribution in [2.24, 2.45) is 5.41 Å². The number of oxazole rings is 1. The van der Waals surface area contributed by atoms with Gasteiger partial charge < -0.3 is 15.5 Å². The van der Waals surface area contributed by atoms with Gasteiger partial charge in [-0.25, -0.2) is 4.79 Å². The van der Waals surface area contributed by atoms with Crippen molar-refractivity contribution in [2.75, 3.05) is 17.6 Å². The molecule has 0 spiro atoms. The van der Waals surface area contributed by atoms with E-state index in [1.54, 1.807) is 6.07 Å². The van der Waals surface area contributed by atoms with Gasteiger partial charge in [0.2, 0.25) is 0 Å². The van der Waals surface area contributed by atoms with Gasteiger partial charge in [-0.3, -0.25) is 4.98 Å². The summed E-state index contributed by atoms with van der Waals surface area (Å²) in [6, 6.07) is 3.54. The molecule has 5 nitrogen and oxygen atoms in total. The topological polar surface area (TPSA) is 84.0 Å². The Hall–Kier alpha value is -1.91. The number of anilines is 2. The lowest BCUT2D eigenvalue weighted by Crippen LogP contribution is -2.29. The number of rotatable bonds is 3. The maximum atomic E-state index is 11.2. The molecule has 1 saturated carbocycles. The number of nitrogens with one attached hydrogen (secondary N) is 2. The molecule has 0 aliphatic heterocycles. The highest BCUT2D eigenvalue weighted by atomic mass is 16.4. The Kier molecular flexibility index (Phi) is 3.20. The van der Waals surface area contributed by atoms with Crippen LogP contribution >= 0.6 is 0 Å². The van der Waals surface area contributed by atoms with Crippen LogP contribution in [0, 0.1) is 5.41 Å². The molecule has 108 valence electrons. The fourth-order valence-electron chi connectivity index (χ4n) is 3.06. The molecule has 0 bridgehead atoms. The van der Waals surface area contributed by atoms with Crippen LogP contribution in [-0.4, -0.2) is 11.5 Å². The van der Waals surface area contributed by atoms with Crippen LogP contribution in [0.4, 0.5) is 11.4 Å². The van der Waals surface area contributed by atoms with Gasteiger partial charge >= 0.3 is 5.76 Å². The third kappa shape index (κ3) is 2.53. The van der Waals surface area contributed by atoms with Gasteiger partial charge in [0.05, 0.1) is 16.9 Å². The first-order chi connectivity index (χ1) is 9.56. The van der Waals surface area contributed by atoms with Gasteiger partial charge in [0, 0.05) is 12.6 Å². The summed E-state index contributed by atoms with van der Waals surface area (Å²) >= 11 is 0. The van der Waals surface area contributed by atoms with Crippen molar-refractivity contribution in [1.82, 2.24) is 4.98 Å². The van der Waals surface area contributed by atoms with Gasteiger partial charge in [-0.15, -0.1) is 0 Å². The summed E-state index contributed by atoms with van der Waals surface area (Å²) in [5.74, 6) is -0.448. The lowest BCUT2D eigenvalue weighted by Gasteiger charge is -2.34. The van der Waals surface area contributed by atoms with Crippen molar-refractivity contribution < 1.29 is 4.42 Å². The Morgan fingerprint density at radius 2 is 2.10 bits per heavy atom. The minimum absolute atomic E-state index is 0.337. The molecule has 1 aliphatic carbocycles. The highest BCUT2D eigenvalue weighted by Gasteiger charge is 2.26. The number of aromatic amines is 1. The predicted molar refractivity (Wildman–Crippen MR) is 80.9 cm³/mol. The number of nitrogens with two attached hydrogens (primary N) is 1. The Morgan fingerprint density at radius 3 is 2.85 bits per heavy atom. The van der Waals surface area contributed by atoms with Crippen molar-refractivity contribution in [1.29, 1.82) is 0 Å². The number of aromatic nitrogens is 1. The summed E-state index contributed by atoms with van der Waals surface area (Å²) in [7, 11) is 0. The average Bonchev–Trinajstić information content (AvgIpc) is 2.76. The van der Waals surface area contributed by atoms with Crippen LogP contribution in [0.1, 0.15) is 39.0 Å². The molecular weight excluding hydrogens is 254 g/mol. The zero-order valence-corrected chi connectivity index (χ0v) is 11.8. The molecule has 0 unspecified atom stereocenters. The monoisotopic (exact) mass is 275 g/mol. The van der Waals surface area contributed by atoms with E-state index >= 15 is 0 Å². The average molecular weight is 275 g/mol. The minimum atomic E-state index is -0.448. The van der Waals surface area contributed by atoms with E-state index in [4.69, 9.17) is 10.2 Å². The molecule has 20 heavy (non-hydrogen) atoms. The molecule has 4 N–H and O–H groups in total. The molecule has 2 aromatic rings. The van der Waals surface area contributed by atoms with Crippen LogP contribution in [-0.2, 0) is 0 Å². The van der Waals surface area contributed by atoms with E-state index in [-0.39, 0.29) is 0 Å². The number of hydrogen-bond donors (Lipinski definition) is 3. The largest absolute Gasteiger partial charge is 0.417 e. The molecule has 1 aromatic carbocycles. The predicted octanol–water partition coefficient (Wildman–Crippen LogP) is 3.09. The van der Waals surface area contributed by atoms with Crippen LogP contribution in [0.5, 0.6) is 0 Å². The van der Waals surface area contributed by atoms with Crippen molar-refractivity contribution >= 4 is 22.5 Å². The Balaban J connectivity index is 1.79. The van der Waals surface area contributed by atoms with Crippen molar-refractivity contribution in [3.05, 3.63) is 22.7 Å². The van der Waals surface area contributed by atoms with E-state index in [0.717, 1.165) is 12.2 Å². The molecule has 0 amide bonds. The normalized spacial score (nSPS) is 18.2. The second kappa shape index (κ2) is 4.89. The number of nitrogen functional groups attached to an aromatic ring is 1. The summed E-state index contributed by atoms with van der Waals surface area (Å²) in [6.07, 6.45) is 6.47. The fraction of sp³-hybridized carbons (Fsp3) is 0.533. The summed E-state index contributed by atoms with van der Waals surface area (Å²) in [5.41, 5.74) is 9.01. The SMILES string of the molecule is CC1(CNc2cc3[nH]c(=O)oc3cc2N)CCCCC1. The molecule has 1 heterocycles. The number of H-pyrrole nitrogens is 1. The molecule has 1 fully saturated rings. The van der Waals surface area contributed by atoms with E-state index in [1.807, 2.05) is 6.07 Å². The van der Waals surface area contributed by atoms with Gasteiger partial charge in [0.15, 0.2) is 5.58 Å². The Bertz CT molecular complexity index is 665. The maximum Gasteiger partial charge on any atom is 0.417 e. The van der Waals surface area contributed by atoms with Crippen LogP contribution in [0.25, 0.3) is 11.1 Å². The second-order valence-corrected chi connectivity index (χ2v) is 6.18. The summed E-state index contributed by atoms with van der Waals surface area (Å²) in [4.78, 5) is 13.8. The minimum Gasteiger partial charge on any atom is -0.408 e. The van der Waals surface area contributed by atoms with Gasteiger partial charge in [-0.2, -0.15) is 0 Å². The van der Waals surface area contributed by atoms with Crippen LogP contribution in [0.15, 0.2) is 21.3 Å². The van der Waals surface area contributed by atoms with Gasteiger partial charge in [-0.1, -0.05) is 26.2 Å². The summed E-state index contributed by atoms with van der Waals surface area (Å²) in [5, 5.41) is 3.44. The van der Waals surface area contributed by atoms with E-state index in [2.05, 4.69) is 17.2 Å². The zero-order valence-electron chi connectivity index (χ0n) is 11.8. The summed E-state index contributed by atoms with van der Waals surface area (Å²) < 4.78 is 5.00. The number of benzene rings is 1. The van der Waals surface area contributed by atoms with Crippen molar-refractivity contribution in [2.45, 2.75) is 39.0 Å². The first-order valence-electron chi connectivity index (χ1n) is 7.22. The van der Waals surface area contributed by atoms with Gasteiger partial charge in [-0.05, 0) is 24.3 Å². The first-order valence-corrected chi connectivity index (χ1v) is 7.22.